The summed E-state index contributed by atoms with van der Waals surface area (Å²) >= 11 is 13.0. The molecule has 7 rings (SSSR count). The molecule has 6 N–H and O–H groups in total. The molecule has 81 heavy (non-hydrogen) atoms. The first-order valence-electron chi connectivity index (χ1n) is 26.2. The Labute approximate surface area is 506 Å². The summed E-state index contributed by atoms with van der Waals surface area (Å²) in [5.74, 6) is -1.65. The molecule has 0 unspecified atom stereocenters. The van der Waals surface area contributed by atoms with Gasteiger partial charge in [0.25, 0.3) is 5.91 Å². The maximum atomic E-state index is 14.4. The number of nitrogens with zero attached hydrogens (tertiary/aromatic N) is 8. The topological polar surface area (TPSA) is 284 Å². The third-order valence-electron chi connectivity index (χ3n) is 13.4. The number of morpholine rings is 1. The number of aliphatic carboxylic acids is 2. The van der Waals surface area contributed by atoms with Gasteiger partial charge in [0, 0.05) is 150 Å². The first-order valence-corrected chi connectivity index (χ1v) is 27.0. The molecule has 2 saturated heterocycles. The Morgan fingerprint density at radius 3 is 2.04 bits per heavy atom. The second-order valence-corrected chi connectivity index (χ2v) is 20.5. The van der Waals surface area contributed by atoms with Crippen molar-refractivity contribution in [2.45, 2.75) is 32.4 Å². The van der Waals surface area contributed by atoms with Crippen LogP contribution in [0.3, 0.4) is 0 Å². The van der Waals surface area contributed by atoms with Crippen molar-refractivity contribution >= 4 is 64.8 Å². The molecular formula is C54H72Cl2N11O13Y-. The number of carbonyl (C=O) groups excluding carboxylic acids is 4. The van der Waals surface area contributed by atoms with Crippen molar-refractivity contribution in [1.29, 1.82) is 0 Å². The van der Waals surface area contributed by atoms with Gasteiger partial charge >= 0.3 is 11.9 Å². The van der Waals surface area contributed by atoms with Gasteiger partial charge in [-0.1, -0.05) is 35.3 Å². The Hall–Kier alpha value is -5.35. The van der Waals surface area contributed by atoms with E-state index in [-0.39, 0.29) is 128 Å². The summed E-state index contributed by atoms with van der Waals surface area (Å²) in [4.78, 5) is 83.4. The molecule has 0 aliphatic carbocycles. The fourth-order valence-electron chi connectivity index (χ4n) is 9.41. The van der Waals surface area contributed by atoms with Gasteiger partial charge in [0.1, 0.15) is 24.4 Å². The van der Waals surface area contributed by atoms with Crippen LogP contribution in [0.25, 0.3) is 33.5 Å². The summed E-state index contributed by atoms with van der Waals surface area (Å²) in [7, 11) is 2.58. The summed E-state index contributed by atoms with van der Waals surface area (Å²) < 4.78 is 25.3. The Morgan fingerprint density at radius 2 is 1.42 bits per heavy atom. The minimum atomic E-state index is -0.988. The van der Waals surface area contributed by atoms with Gasteiger partial charge in [0.15, 0.2) is 5.69 Å². The van der Waals surface area contributed by atoms with Crippen molar-refractivity contribution in [3.8, 4) is 39.6 Å². The summed E-state index contributed by atoms with van der Waals surface area (Å²) in [5.41, 5.74) is 11.9. The van der Waals surface area contributed by atoms with E-state index in [2.05, 4.69) is 21.5 Å². The quantitative estimate of drug-likeness (QED) is 0.0353. The van der Waals surface area contributed by atoms with Crippen LogP contribution in [0.1, 0.15) is 36.3 Å². The average molecular weight is 1240 g/mol. The second-order valence-electron chi connectivity index (χ2n) is 19.6. The first-order chi connectivity index (χ1) is 38.5. The summed E-state index contributed by atoms with van der Waals surface area (Å²) in [6, 6.07) is 16.5. The number of hydrogen-bond donors (Lipinski definition) is 6. The number of rotatable bonds is 23. The number of aromatic nitrogens is 2. The van der Waals surface area contributed by atoms with Gasteiger partial charge in [-0.2, -0.15) is 5.10 Å². The van der Waals surface area contributed by atoms with Crippen LogP contribution < -0.4 is 25.5 Å². The molecule has 0 spiro atoms. The number of aliphatic hydroxyl groups is 1. The molecule has 4 heterocycles. The predicted octanol–water partition coefficient (Wildman–Crippen LogP) is 3.20. The molecule has 0 saturated carbocycles. The molecule has 4 aromatic rings. The normalized spacial score (nSPS) is 16.1. The third kappa shape index (κ3) is 19.6. The molecule has 0 atom stereocenters. The van der Waals surface area contributed by atoms with Crippen LogP contribution in [-0.4, -0.2) is 236 Å². The number of benzene rings is 3. The van der Waals surface area contributed by atoms with E-state index in [1.165, 1.54) is 0 Å². The zero-order valence-electron chi connectivity index (χ0n) is 46.2. The summed E-state index contributed by atoms with van der Waals surface area (Å²) in [6.07, 6.45) is 0.867. The number of methoxy groups -OCH3 is 1. The third-order valence-corrected chi connectivity index (χ3v) is 13.9. The van der Waals surface area contributed by atoms with Gasteiger partial charge < -0.3 is 65.4 Å². The van der Waals surface area contributed by atoms with Gasteiger partial charge in [0.05, 0.1) is 76.6 Å². The Kier molecular flexibility index (Phi) is 27.1. The van der Waals surface area contributed by atoms with Crippen molar-refractivity contribution in [3.05, 3.63) is 81.3 Å². The largest absolute Gasteiger partial charge is 0.570 e. The van der Waals surface area contributed by atoms with Crippen molar-refractivity contribution in [2.75, 3.05) is 151 Å². The van der Waals surface area contributed by atoms with E-state index in [4.69, 9.17) is 52.4 Å². The molecule has 0 bridgehead atoms. The van der Waals surface area contributed by atoms with Crippen LogP contribution in [0.15, 0.2) is 54.6 Å². The van der Waals surface area contributed by atoms with Crippen LogP contribution >= 0.6 is 23.2 Å². The smallest absolute Gasteiger partial charge is 0.317 e. The molecule has 1 radical (unpaired) electrons. The zero-order chi connectivity index (χ0) is 57.8. The molecule has 3 amide bonds. The maximum absolute atomic E-state index is 14.4. The van der Waals surface area contributed by atoms with Gasteiger partial charge in [-0.05, 0) is 62.4 Å². The number of hydrogen-bond acceptors (Lipinski definition) is 17. The number of fused-ring (bicyclic) bond motifs is 3. The fourth-order valence-corrected chi connectivity index (χ4v) is 9.93. The number of nitrogens with one attached hydrogen (secondary N) is 3. The maximum Gasteiger partial charge on any atom is 0.317 e. The van der Waals surface area contributed by atoms with Crippen molar-refractivity contribution < 1.29 is 95.7 Å². The minimum absolute atomic E-state index is 0. The molecule has 3 aromatic carbocycles. The minimum Gasteiger partial charge on any atom is -0.570 e. The van der Waals surface area contributed by atoms with Crippen LogP contribution in [-0.2, 0) is 72.8 Å². The SMILES string of the molecule is CO.COc1cc2c(cc1-c1cccc(N[N-]CCNC(=O)CCOCCNC(=O)CN3CCN(CC(=O)O)CCN(CC=O)CCN(CC(=O)O)CC3)c1)-c1c(c(C(=O)N3CCOCC3(C)C)nn1-c1cc(Cl)cc(Cl)c1)CO2.[Y]. The van der Waals surface area contributed by atoms with E-state index in [9.17, 15) is 39.0 Å². The molecule has 3 aliphatic rings. The second kappa shape index (κ2) is 33.1. The Balaban J connectivity index is 0.00000397. The zero-order valence-corrected chi connectivity index (χ0v) is 50.5. The number of carboxylic acids is 2. The van der Waals surface area contributed by atoms with Gasteiger partial charge in [-0.25, -0.2) is 4.68 Å². The number of carboxylic acid groups (broad SMARTS) is 2. The van der Waals surface area contributed by atoms with Crippen molar-refractivity contribution in [1.82, 2.24) is 44.9 Å². The van der Waals surface area contributed by atoms with Gasteiger partial charge in [-0.15, -0.1) is 6.54 Å². The van der Waals surface area contributed by atoms with E-state index in [0.29, 0.717) is 122 Å². The van der Waals surface area contributed by atoms with Crippen molar-refractivity contribution in [2.24, 2.45) is 0 Å². The molecule has 3 aliphatic heterocycles. The standard InChI is InChI=1S/C53H69Cl2N11O12.CH4O.Y/c1-53(2)35-77-24-20-65(53)52(74)50-43-34-78-45-30-44(75-3)41(29-42(45)51(43)66(60-50)40-27-37(54)26-38(55)28-40)36-5-4-6-39(25-36)59-58-9-8-56-46(68)7-22-76-23-10-57-47(69)31-62-15-17-63(32-48(70)71)13-11-61(19-21-67)12-14-64(18-16-62)33-49(72)73;1-2;/h4-6,21,25-30H,7-20,22-24,31-35H2,1-3H3,(H6,56,57,58,59,60,68,69,70,71,72,73,74);2H,1H3;/p-1. The van der Waals surface area contributed by atoms with Crippen LogP contribution in [0.2, 0.25) is 10.0 Å². The van der Waals surface area contributed by atoms with Crippen LogP contribution in [0, 0.1) is 0 Å². The molecule has 439 valence electrons. The van der Waals surface area contributed by atoms with Crippen molar-refractivity contribution in [3.63, 3.8) is 0 Å². The fraction of sp³-hybridized carbons (Fsp3) is 0.500. The van der Waals surface area contributed by atoms with Crippen LogP contribution in [0.5, 0.6) is 11.5 Å². The number of ether oxygens (including phenoxy) is 4. The van der Waals surface area contributed by atoms with Gasteiger partial charge in [-0.3, -0.25) is 43.6 Å². The molecular weight excluding hydrogens is 1170 g/mol. The van der Waals surface area contributed by atoms with Crippen LogP contribution in [0.4, 0.5) is 5.69 Å². The van der Waals surface area contributed by atoms with E-state index in [1.807, 2.05) is 60.0 Å². The average Bonchev–Trinajstić information content (AvgIpc) is 3.92. The Bertz CT molecular complexity index is 2720. The monoisotopic (exact) mass is 1240 g/mol. The molecule has 2 fully saturated rings. The van der Waals surface area contributed by atoms with E-state index in [0.717, 1.165) is 24.5 Å². The summed E-state index contributed by atoms with van der Waals surface area (Å²) in [5, 5.41) is 37.4. The Morgan fingerprint density at radius 1 is 0.790 bits per heavy atom. The summed E-state index contributed by atoms with van der Waals surface area (Å²) in [6.45, 7) is 9.02. The molecule has 1 aromatic heterocycles. The van der Waals surface area contributed by atoms with E-state index < -0.39 is 17.5 Å². The van der Waals surface area contributed by atoms with E-state index >= 15 is 0 Å². The van der Waals surface area contributed by atoms with E-state index in [1.54, 1.807) is 44.7 Å². The number of anilines is 1. The van der Waals surface area contributed by atoms with Gasteiger partial charge in [0.2, 0.25) is 11.8 Å². The molecule has 24 nitrogen and oxygen atoms in total. The first kappa shape index (κ1) is 66.5. The number of carbonyl (C=O) groups is 6. The predicted molar refractivity (Wildman–Crippen MR) is 300 cm³/mol. The number of halogens is 2. The number of amides is 3. The molecule has 27 heteroatoms. The number of aliphatic hydroxyl groups excluding tert-OH is 1. The number of aldehydes is 1.